The zero-order valence-corrected chi connectivity index (χ0v) is 12.1. The summed E-state index contributed by atoms with van der Waals surface area (Å²) in [5.41, 5.74) is 0. The van der Waals surface area contributed by atoms with Gasteiger partial charge >= 0.3 is 89.2 Å². The number of nitrogens with zero attached hydrogens (tertiary/aromatic N) is 1. The van der Waals surface area contributed by atoms with Crippen LogP contribution in [0.4, 0.5) is 0 Å². The van der Waals surface area contributed by atoms with E-state index in [2.05, 4.69) is 35.1 Å². The van der Waals surface area contributed by atoms with Crippen molar-refractivity contribution in [3.05, 3.63) is 12.7 Å². The van der Waals surface area contributed by atoms with Crippen LogP contribution in [-0.4, -0.2) is 38.7 Å². The van der Waals surface area contributed by atoms with Gasteiger partial charge in [-0.1, -0.05) is 0 Å². The number of carbonyl (C=O) groups is 1. The summed E-state index contributed by atoms with van der Waals surface area (Å²) in [4.78, 5) is 17.5. The summed E-state index contributed by atoms with van der Waals surface area (Å²) in [5, 5.41) is 0. The van der Waals surface area contributed by atoms with Crippen LogP contribution in [0.5, 0.6) is 0 Å². The molecule has 2 nitrogen and oxygen atoms in total. The Hall–Kier alpha value is 0.670. The van der Waals surface area contributed by atoms with Crippen LogP contribution in [0.25, 0.3) is 0 Å². The van der Waals surface area contributed by atoms with Gasteiger partial charge in [-0.25, -0.2) is 0 Å². The molecule has 0 bridgehead atoms. The Labute approximate surface area is 88.5 Å². The van der Waals surface area contributed by atoms with Gasteiger partial charge in [-0.15, -0.1) is 0 Å². The van der Waals surface area contributed by atoms with Gasteiger partial charge in [0.1, 0.15) is 0 Å². The molecule has 0 aromatic carbocycles. The number of hydrogen-bond acceptors (Lipinski definition) is 1. The number of halogens is 2. The average molecular weight is 396 g/mol. The first-order valence-electron chi connectivity index (χ1n) is 3.55. The van der Waals surface area contributed by atoms with E-state index in [1.165, 1.54) is 10.5 Å². The van der Waals surface area contributed by atoms with Gasteiger partial charge in [0.25, 0.3) is 0 Å². The predicted octanol–water partition coefficient (Wildman–Crippen LogP) is -1.60. The number of carbonyl (C=O) groups excluding carboxylic acids is 1. The fourth-order valence-electron chi connectivity index (χ4n) is 0.594. The van der Waals surface area contributed by atoms with Gasteiger partial charge in [-0.2, -0.15) is 0 Å². The molecule has 12 heavy (non-hydrogen) atoms. The molecular formula is C8H16I2NO-. The third-order valence-electron chi connectivity index (χ3n) is 1.42. The molecule has 0 aliphatic heterocycles. The van der Waals surface area contributed by atoms with Gasteiger partial charge in [0.2, 0.25) is 0 Å². The zero-order valence-electron chi connectivity index (χ0n) is 7.81. The van der Waals surface area contributed by atoms with Gasteiger partial charge in [-0.05, 0) is 0 Å². The summed E-state index contributed by atoms with van der Waals surface area (Å²) in [6.07, 6.45) is 1.37. The molecule has 0 spiro atoms. The summed E-state index contributed by atoms with van der Waals surface area (Å²) in [6, 6.07) is 0. The first-order chi connectivity index (χ1) is 5.37. The monoisotopic (exact) mass is 396 g/mol. The van der Waals surface area contributed by atoms with E-state index in [1.54, 1.807) is 4.90 Å². The summed E-state index contributed by atoms with van der Waals surface area (Å²) < 4.78 is 1.18. The summed E-state index contributed by atoms with van der Waals surface area (Å²) in [5.74, 6) is 0.0248. The standard InChI is InChI=1S/C8H16I2NO/c1-5-8(12)11(4)7-6-10(2,3)9/h5H,1,6-7H2,2-4H3/q-1. The SMILES string of the molecule is C=CC(=O)N(C)CC[I-](C)(C)I. The number of rotatable bonds is 4. The molecular weight excluding hydrogens is 380 g/mol. The Balaban J connectivity index is 3.79. The second-order valence-corrected chi connectivity index (χ2v) is 26.3. The van der Waals surface area contributed by atoms with E-state index in [0.717, 1.165) is 6.54 Å². The fraction of sp³-hybridized carbons (Fsp3) is 0.625. The van der Waals surface area contributed by atoms with E-state index in [1.807, 2.05) is 7.05 Å². The van der Waals surface area contributed by atoms with Crippen molar-refractivity contribution in [3.8, 4) is 0 Å². The van der Waals surface area contributed by atoms with Gasteiger partial charge < -0.3 is 0 Å². The fourth-order valence-corrected chi connectivity index (χ4v) is 3.69. The third kappa shape index (κ3) is 6.22. The van der Waals surface area contributed by atoms with E-state index in [4.69, 9.17) is 0 Å². The first kappa shape index (κ1) is 12.7. The van der Waals surface area contributed by atoms with Crippen LogP contribution in [-0.2, 0) is 4.79 Å². The van der Waals surface area contributed by atoms with E-state index in [-0.39, 0.29) is 5.91 Å². The maximum absolute atomic E-state index is 11.1. The molecule has 0 N–H and O–H groups in total. The number of amides is 1. The van der Waals surface area contributed by atoms with E-state index >= 15 is 0 Å². The molecule has 0 aromatic heterocycles. The average Bonchev–Trinajstić information content (AvgIpc) is 1.97. The molecule has 0 saturated carbocycles. The van der Waals surface area contributed by atoms with Gasteiger partial charge in [0.15, 0.2) is 0 Å². The summed E-state index contributed by atoms with van der Waals surface area (Å²) >= 11 is 1.14. The number of alkyl halides is 3. The van der Waals surface area contributed by atoms with Crippen LogP contribution in [0.15, 0.2) is 12.7 Å². The molecule has 74 valence electrons. The Kier molecular flexibility index (Phi) is 5.71. The molecule has 0 fully saturated rings. The Bertz CT molecular complexity index is 174. The Morgan fingerprint density at radius 2 is 2.17 bits per heavy atom. The molecule has 0 aromatic rings. The molecule has 0 aliphatic carbocycles. The van der Waals surface area contributed by atoms with E-state index in [9.17, 15) is 4.79 Å². The minimum atomic E-state index is -1.42. The molecule has 0 radical (unpaired) electrons. The maximum atomic E-state index is 11.1. The van der Waals surface area contributed by atoms with Crippen molar-refractivity contribution >= 4 is 24.5 Å². The second kappa shape index (κ2) is 5.41. The van der Waals surface area contributed by atoms with Crippen molar-refractivity contribution in [2.45, 2.75) is 0 Å². The molecule has 0 heterocycles. The topological polar surface area (TPSA) is 20.3 Å². The van der Waals surface area contributed by atoms with Crippen LogP contribution < -0.4 is 14.5 Å². The summed E-state index contributed by atoms with van der Waals surface area (Å²) in [6.45, 7) is 4.32. The summed E-state index contributed by atoms with van der Waals surface area (Å²) in [7, 11) is 1.83. The van der Waals surface area contributed by atoms with Gasteiger partial charge in [0.05, 0.1) is 0 Å². The Morgan fingerprint density at radius 3 is 2.50 bits per heavy atom. The van der Waals surface area contributed by atoms with Crippen LogP contribution in [0.2, 0.25) is 0 Å². The van der Waals surface area contributed by atoms with Crippen LogP contribution in [0.1, 0.15) is 0 Å². The Morgan fingerprint density at radius 1 is 1.67 bits per heavy atom. The van der Waals surface area contributed by atoms with Crippen LogP contribution in [0, 0.1) is 0 Å². The quantitative estimate of drug-likeness (QED) is 0.319. The predicted molar refractivity (Wildman–Crippen MR) is 58.6 cm³/mol. The van der Waals surface area contributed by atoms with Crippen molar-refractivity contribution in [2.24, 2.45) is 0 Å². The zero-order chi connectivity index (χ0) is 9.78. The molecule has 0 atom stereocenters. The van der Waals surface area contributed by atoms with E-state index < -0.39 is 14.5 Å². The molecule has 4 heteroatoms. The second-order valence-electron chi connectivity index (χ2n) is 2.95. The normalized spacial score (nSPS) is 12.3. The molecule has 0 rings (SSSR count). The van der Waals surface area contributed by atoms with Crippen molar-refractivity contribution in [1.29, 1.82) is 0 Å². The van der Waals surface area contributed by atoms with Crippen molar-refractivity contribution in [2.75, 3.05) is 27.9 Å². The molecule has 1 amide bonds. The number of hydrogen-bond donors (Lipinski definition) is 0. The van der Waals surface area contributed by atoms with Gasteiger partial charge in [-0.3, -0.25) is 0 Å². The van der Waals surface area contributed by atoms with Crippen molar-refractivity contribution in [1.82, 2.24) is 4.90 Å². The third-order valence-corrected chi connectivity index (χ3v) is 7.20. The van der Waals surface area contributed by atoms with Crippen LogP contribution >= 0.6 is 18.6 Å². The molecule has 0 aliphatic rings. The van der Waals surface area contributed by atoms with Gasteiger partial charge in [0, 0.05) is 0 Å². The van der Waals surface area contributed by atoms with Crippen molar-refractivity contribution in [3.63, 3.8) is 0 Å². The van der Waals surface area contributed by atoms with Crippen molar-refractivity contribution < 1.29 is 19.3 Å². The minimum absolute atomic E-state index is 0.0248. The molecule has 0 saturated heterocycles. The molecule has 0 unspecified atom stereocenters. The van der Waals surface area contributed by atoms with Crippen LogP contribution in [0.3, 0.4) is 0 Å². The van der Waals surface area contributed by atoms with E-state index in [0.29, 0.717) is 0 Å². The first-order valence-corrected chi connectivity index (χ1v) is 15.7. The number of likely N-dealkylation sites (N-methyl/N-ethyl adjacent to an activating group) is 1.